The molecule has 2 aromatic rings. The molecule has 1 amide bonds. The molecule has 0 saturated carbocycles. The highest BCUT2D eigenvalue weighted by atomic mass is 16.6. The highest BCUT2D eigenvalue weighted by molar-refractivity contribution is 5.92. The van der Waals surface area contributed by atoms with Crippen molar-refractivity contribution in [1.29, 1.82) is 0 Å². The van der Waals surface area contributed by atoms with E-state index in [9.17, 15) is 14.9 Å². The Morgan fingerprint density at radius 2 is 2.26 bits per heavy atom. The Hall–Kier alpha value is -2.74. The quantitative estimate of drug-likeness (QED) is 0.358. The predicted octanol–water partition coefficient (Wildman–Crippen LogP) is 0.512. The number of carbonyl (C=O) groups is 1. The number of aromatic nitrogens is 1. The monoisotopic (exact) mass is 262 g/mol. The smallest absolute Gasteiger partial charge is 0.295 e. The van der Waals surface area contributed by atoms with Gasteiger partial charge < -0.3 is 4.74 Å². The number of hydrazine groups is 1. The van der Waals surface area contributed by atoms with Crippen molar-refractivity contribution >= 4 is 22.5 Å². The van der Waals surface area contributed by atoms with Gasteiger partial charge in [0, 0.05) is 17.6 Å². The van der Waals surface area contributed by atoms with Crippen molar-refractivity contribution in [3.63, 3.8) is 0 Å². The van der Waals surface area contributed by atoms with Crippen molar-refractivity contribution in [2.45, 2.75) is 0 Å². The lowest BCUT2D eigenvalue weighted by molar-refractivity contribution is -0.383. The molecule has 0 saturated heterocycles. The zero-order valence-electron chi connectivity index (χ0n) is 9.70. The van der Waals surface area contributed by atoms with E-state index in [-0.39, 0.29) is 17.8 Å². The van der Waals surface area contributed by atoms with Crippen LogP contribution < -0.4 is 16.0 Å². The summed E-state index contributed by atoms with van der Waals surface area (Å²) in [6.07, 6.45) is 1.45. The van der Waals surface area contributed by atoms with Crippen LogP contribution in [0.4, 0.5) is 5.69 Å². The Labute approximate surface area is 107 Å². The highest BCUT2D eigenvalue weighted by Gasteiger charge is 2.16. The van der Waals surface area contributed by atoms with Gasteiger partial charge in [-0.25, -0.2) is 10.8 Å². The van der Waals surface area contributed by atoms with Crippen LogP contribution in [0.1, 0.15) is 0 Å². The van der Waals surface area contributed by atoms with E-state index in [4.69, 9.17) is 10.6 Å². The molecule has 0 unspecified atom stereocenters. The topological polar surface area (TPSA) is 120 Å². The molecule has 1 heterocycles. The van der Waals surface area contributed by atoms with Gasteiger partial charge >= 0.3 is 0 Å². The predicted molar refractivity (Wildman–Crippen MR) is 66.2 cm³/mol. The van der Waals surface area contributed by atoms with E-state index >= 15 is 0 Å². The summed E-state index contributed by atoms with van der Waals surface area (Å²) in [5, 5.41) is 11.3. The molecular weight excluding hydrogens is 252 g/mol. The molecule has 0 spiro atoms. The zero-order chi connectivity index (χ0) is 13.8. The van der Waals surface area contributed by atoms with Gasteiger partial charge in [0.25, 0.3) is 11.6 Å². The lowest BCUT2D eigenvalue weighted by atomic mass is 10.1. The van der Waals surface area contributed by atoms with E-state index in [0.717, 1.165) is 0 Å². The van der Waals surface area contributed by atoms with Crippen LogP contribution in [0.15, 0.2) is 30.5 Å². The summed E-state index contributed by atoms with van der Waals surface area (Å²) >= 11 is 0. The Morgan fingerprint density at radius 1 is 1.47 bits per heavy atom. The molecule has 0 aliphatic rings. The molecular formula is C11H10N4O4. The normalized spacial score (nSPS) is 10.2. The summed E-state index contributed by atoms with van der Waals surface area (Å²) < 4.78 is 5.25. The van der Waals surface area contributed by atoms with E-state index in [0.29, 0.717) is 11.1 Å². The van der Waals surface area contributed by atoms with Crippen molar-refractivity contribution in [1.82, 2.24) is 10.4 Å². The second-order valence-corrected chi connectivity index (χ2v) is 3.60. The first-order valence-electron chi connectivity index (χ1n) is 5.28. The van der Waals surface area contributed by atoms with Crippen molar-refractivity contribution < 1.29 is 14.5 Å². The summed E-state index contributed by atoms with van der Waals surface area (Å²) in [6.45, 7) is -0.279. The number of nitrogens with one attached hydrogen (secondary N) is 1. The van der Waals surface area contributed by atoms with Crippen molar-refractivity contribution in [3.05, 3.63) is 40.6 Å². The van der Waals surface area contributed by atoms with E-state index in [1.54, 1.807) is 12.1 Å². The molecule has 1 aromatic heterocycles. The minimum Gasteiger partial charge on any atom is -0.483 e. The third-order valence-electron chi connectivity index (χ3n) is 2.42. The molecule has 1 aromatic carbocycles. The van der Waals surface area contributed by atoms with Gasteiger partial charge in [-0.3, -0.25) is 20.3 Å². The summed E-state index contributed by atoms with van der Waals surface area (Å²) in [5.74, 6) is 4.76. The maximum atomic E-state index is 11.0. The number of benzene rings is 1. The standard InChI is InChI=1S/C11H10N4O4/c12-14-10(16)6-19-9-4-3-8(15(17)18)11-7(9)2-1-5-13-11/h1-5H,6,12H2,(H,14,16). The van der Waals surface area contributed by atoms with Crippen molar-refractivity contribution in [3.8, 4) is 5.75 Å². The first-order chi connectivity index (χ1) is 9.13. The lowest BCUT2D eigenvalue weighted by Crippen LogP contribution is -2.34. The summed E-state index contributed by atoms with van der Waals surface area (Å²) in [4.78, 5) is 25.3. The fraction of sp³-hybridized carbons (Fsp3) is 0.0909. The lowest BCUT2D eigenvalue weighted by Gasteiger charge is -2.08. The van der Waals surface area contributed by atoms with Crippen LogP contribution in [0.3, 0.4) is 0 Å². The minimum atomic E-state index is -0.522. The molecule has 0 fully saturated rings. The molecule has 2 rings (SSSR count). The van der Waals surface area contributed by atoms with Crippen LogP contribution in [0.2, 0.25) is 0 Å². The number of rotatable bonds is 4. The van der Waals surface area contributed by atoms with Gasteiger partial charge in [0.15, 0.2) is 12.1 Å². The highest BCUT2D eigenvalue weighted by Crippen LogP contribution is 2.31. The Kier molecular flexibility index (Phi) is 3.53. The van der Waals surface area contributed by atoms with Gasteiger partial charge in [-0.15, -0.1) is 0 Å². The molecule has 3 N–H and O–H groups in total. The molecule has 0 aliphatic heterocycles. The number of fused-ring (bicyclic) bond motifs is 1. The molecule has 0 radical (unpaired) electrons. The number of nitrogens with two attached hydrogens (primary N) is 1. The number of nitro groups is 1. The Balaban J connectivity index is 2.44. The molecule has 0 atom stereocenters. The number of pyridine rings is 1. The van der Waals surface area contributed by atoms with Crippen LogP contribution in [0, 0.1) is 10.1 Å². The number of hydrogen-bond donors (Lipinski definition) is 2. The summed E-state index contributed by atoms with van der Waals surface area (Å²) in [5.41, 5.74) is 2.01. The van der Waals surface area contributed by atoms with Crippen molar-refractivity contribution in [2.24, 2.45) is 5.84 Å². The van der Waals surface area contributed by atoms with Crippen LogP contribution in [-0.2, 0) is 4.79 Å². The number of hydrogen-bond acceptors (Lipinski definition) is 6. The van der Waals surface area contributed by atoms with Crippen LogP contribution >= 0.6 is 0 Å². The van der Waals surface area contributed by atoms with E-state index in [1.165, 1.54) is 18.3 Å². The van der Waals surface area contributed by atoms with Gasteiger partial charge in [0.05, 0.1) is 4.92 Å². The Morgan fingerprint density at radius 3 is 2.95 bits per heavy atom. The number of amides is 1. The fourth-order valence-corrected chi connectivity index (χ4v) is 1.59. The number of carbonyl (C=O) groups excluding carboxylic acids is 1. The number of ether oxygens (including phenoxy) is 1. The molecule has 0 aliphatic carbocycles. The van der Waals surface area contributed by atoms with Gasteiger partial charge in [-0.1, -0.05) is 0 Å². The summed E-state index contributed by atoms with van der Waals surface area (Å²) in [6, 6.07) is 5.96. The number of non-ortho nitro benzene ring substituents is 1. The fourth-order valence-electron chi connectivity index (χ4n) is 1.59. The average Bonchev–Trinajstić information content (AvgIpc) is 2.43. The number of nitro benzene ring substituents is 1. The van der Waals surface area contributed by atoms with E-state index in [1.807, 2.05) is 5.43 Å². The second-order valence-electron chi connectivity index (χ2n) is 3.60. The average molecular weight is 262 g/mol. The molecule has 8 heteroatoms. The first kappa shape index (κ1) is 12.7. The number of nitrogens with zero attached hydrogens (tertiary/aromatic N) is 2. The third-order valence-corrected chi connectivity index (χ3v) is 2.42. The van der Waals surface area contributed by atoms with Crippen LogP contribution in [0.5, 0.6) is 5.75 Å². The largest absolute Gasteiger partial charge is 0.483 e. The molecule has 98 valence electrons. The summed E-state index contributed by atoms with van der Waals surface area (Å²) in [7, 11) is 0. The molecule has 0 bridgehead atoms. The third kappa shape index (κ3) is 2.58. The zero-order valence-corrected chi connectivity index (χ0v) is 9.70. The SMILES string of the molecule is NNC(=O)COc1ccc([N+](=O)[O-])c2ncccc12. The second kappa shape index (κ2) is 5.27. The van der Waals surface area contributed by atoms with E-state index < -0.39 is 10.8 Å². The maximum absolute atomic E-state index is 11.0. The van der Waals surface area contributed by atoms with E-state index in [2.05, 4.69) is 4.98 Å². The van der Waals surface area contributed by atoms with Gasteiger partial charge in [0.2, 0.25) is 0 Å². The van der Waals surface area contributed by atoms with Gasteiger partial charge in [0.1, 0.15) is 5.75 Å². The van der Waals surface area contributed by atoms with Crippen LogP contribution in [0.25, 0.3) is 10.9 Å². The minimum absolute atomic E-state index is 0.119. The maximum Gasteiger partial charge on any atom is 0.295 e. The molecule has 8 nitrogen and oxygen atoms in total. The Bertz CT molecular complexity index is 644. The molecule has 19 heavy (non-hydrogen) atoms. The van der Waals surface area contributed by atoms with Gasteiger partial charge in [-0.2, -0.15) is 0 Å². The first-order valence-corrected chi connectivity index (χ1v) is 5.28. The van der Waals surface area contributed by atoms with Crippen molar-refractivity contribution in [2.75, 3.05) is 6.61 Å². The van der Waals surface area contributed by atoms with Gasteiger partial charge in [-0.05, 0) is 18.2 Å². The van der Waals surface area contributed by atoms with Crippen LogP contribution in [-0.4, -0.2) is 22.4 Å².